The fourth-order valence-electron chi connectivity index (χ4n) is 3.71. The maximum absolute atomic E-state index is 13.1. The van der Waals surface area contributed by atoms with E-state index >= 15 is 0 Å². The molecule has 2 heterocycles. The van der Waals surface area contributed by atoms with E-state index in [-0.39, 0.29) is 10.9 Å². The molecule has 0 atom stereocenters. The minimum atomic E-state index is -0.103. The van der Waals surface area contributed by atoms with Gasteiger partial charge in [-0.05, 0) is 61.4 Å². The van der Waals surface area contributed by atoms with Crippen molar-refractivity contribution in [1.82, 2.24) is 9.97 Å². The first-order valence-electron chi connectivity index (χ1n) is 8.75. The van der Waals surface area contributed by atoms with E-state index in [0.717, 1.165) is 11.1 Å². The summed E-state index contributed by atoms with van der Waals surface area (Å²) in [6.07, 6.45) is 0. The number of aromatic amines is 2. The summed E-state index contributed by atoms with van der Waals surface area (Å²) in [5.41, 5.74) is 3.95. The third-order valence-electron chi connectivity index (χ3n) is 5.27. The summed E-state index contributed by atoms with van der Waals surface area (Å²) < 4.78 is 0. The number of hydrogen-bond donors (Lipinski definition) is 2. The number of aryl methyl sites for hydroxylation is 2. The molecule has 3 aromatic carbocycles. The lowest BCUT2D eigenvalue weighted by Gasteiger charge is -2.09. The fraction of sp³-hybridized carbons (Fsp3) is 0.0909. The standard InChI is InChI=1S/C22H14Cl2N2O2/c1-9-3-11-19(7-15(9)23)25-17-6-14-18(5-13(17)21(11)27)26-20-8-16(24)10(2)4-12(20)22(14)28/h3-8H,1-2H3,(H,25,27)(H,26,28). The van der Waals surface area contributed by atoms with Crippen molar-refractivity contribution in [2.24, 2.45) is 0 Å². The zero-order chi connectivity index (χ0) is 19.7. The van der Waals surface area contributed by atoms with Crippen LogP contribution in [0.15, 0.2) is 46.0 Å². The van der Waals surface area contributed by atoms with Crippen LogP contribution in [0.25, 0.3) is 43.6 Å². The predicted molar refractivity (Wildman–Crippen MR) is 117 cm³/mol. The lowest BCUT2D eigenvalue weighted by atomic mass is 10.0. The second-order valence-corrected chi connectivity index (χ2v) is 7.96. The van der Waals surface area contributed by atoms with Gasteiger partial charge < -0.3 is 9.97 Å². The first-order chi connectivity index (χ1) is 13.3. The van der Waals surface area contributed by atoms with Crippen molar-refractivity contribution in [3.63, 3.8) is 0 Å². The largest absolute Gasteiger partial charge is 0.354 e. The molecular formula is C22H14Cl2N2O2. The summed E-state index contributed by atoms with van der Waals surface area (Å²) in [5, 5.41) is 3.31. The van der Waals surface area contributed by atoms with E-state index in [1.807, 2.05) is 13.8 Å². The summed E-state index contributed by atoms with van der Waals surface area (Å²) in [6, 6.07) is 10.5. The molecule has 0 radical (unpaired) electrons. The van der Waals surface area contributed by atoms with Gasteiger partial charge in [-0.25, -0.2) is 0 Å². The lowest BCUT2D eigenvalue weighted by molar-refractivity contribution is 1.42. The minimum absolute atomic E-state index is 0.103. The molecule has 138 valence electrons. The van der Waals surface area contributed by atoms with Gasteiger partial charge >= 0.3 is 0 Å². The summed E-state index contributed by atoms with van der Waals surface area (Å²) in [7, 11) is 0. The molecule has 0 aliphatic heterocycles. The normalized spacial score (nSPS) is 11.9. The van der Waals surface area contributed by atoms with Gasteiger partial charge in [0.05, 0.1) is 22.1 Å². The van der Waals surface area contributed by atoms with Crippen LogP contribution in [0.5, 0.6) is 0 Å². The Kier molecular flexibility index (Phi) is 3.60. The highest BCUT2D eigenvalue weighted by atomic mass is 35.5. The second kappa shape index (κ2) is 5.84. The number of fused-ring (bicyclic) bond motifs is 4. The Morgan fingerprint density at radius 2 is 0.893 bits per heavy atom. The van der Waals surface area contributed by atoms with Gasteiger partial charge in [-0.15, -0.1) is 0 Å². The Balaban J connectivity index is 1.98. The number of halogens is 2. The third-order valence-corrected chi connectivity index (χ3v) is 6.09. The van der Waals surface area contributed by atoms with Crippen molar-refractivity contribution < 1.29 is 0 Å². The number of nitrogens with one attached hydrogen (secondary N) is 2. The van der Waals surface area contributed by atoms with Crippen LogP contribution >= 0.6 is 23.2 Å². The van der Waals surface area contributed by atoms with Crippen molar-refractivity contribution >= 4 is 66.8 Å². The zero-order valence-electron chi connectivity index (χ0n) is 15.0. The maximum Gasteiger partial charge on any atom is 0.197 e. The van der Waals surface area contributed by atoms with Crippen molar-refractivity contribution in [3.05, 3.63) is 78.0 Å². The van der Waals surface area contributed by atoms with Gasteiger partial charge in [-0.3, -0.25) is 9.59 Å². The smallest absolute Gasteiger partial charge is 0.197 e. The molecule has 0 saturated heterocycles. The average Bonchev–Trinajstić information content (AvgIpc) is 2.65. The molecule has 6 heteroatoms. The van der Waals surface area contributed by atoms with Gasteiger partial charge in [0.2, 0.25) is 0 Å². The van der Waals surface area contributed by atoms with Crippen LogP contribution in [0, 0.1) is 13.8 Å². The molecule has 5 aromatic rings. The first-order valence-corrected chi connectivity index (χ1v) is 9.51. The highest BCUT2D eigenvalue weighted by Crippen LogP contribution is 2.26. The second-order valence-electron chi connectivity index (χ2n) is 7.15. The molecule has 4 nitrogen and oxygen atoms in total. The Hall–Kier alpha value is -2.82. The Labute approximate surface area is 168 Å². The number of hydrogen-bond acceptors (Lipinski definition) is 2. The monoisotopic (exact) mass is 408 g/mol. The third kappa shape index (κ3) is 2.38. The number of pyridine rings is 2. The number of aromatic nitrogens is 2. The van der Waals surface area contributed by atoms with E-state index in [0.29, 0.717) is 53.7 Å². The molecule has 0 spiro atoms. The molecule has 2 aromatic heterocycles. The molecule has 28 heavy (non-hydrogen) atoms. The van der Waals surface area contributed by atoms with Crippen LogP contribution in [0.1, 0.15) is 11.1 Å². The highest BCUT2D eigenvalue weighted by Gasteiger charge is 2.13. The SMILES string of the molecule is Cc1cc2c(=O)c3cc4[nH]c5cc(Cl)c(C)cc5c(=O)c4cc3[nH]c2cc1Cl. The summed E-state index contributed by atoms with van der Waals surface area (Å²) in [6.45, 7) is 3.72. The molecule has 0 bridgehead atoms. The van der Waals surface area contributed by atoms with Crippen LogP contribution in [0.4, 0.5) is 0 Å². The Morgan fingerprint density at radius 3 is 1.29 bits per heavy atom. The summed E-state index contributed by atoms with van der Waals surface area (Å²) >= 11 is 12.4. The van der Waals surface area contributed by atoms with Gasteiger partial charge in [0.1, 0.15) is 0 Å². The molecule has 0 unspecified atom stereocenters. The van der Waals surface area contributed by atoms with Crippen LogP contribution in [0.2, 0.25) is 10.0 Å². The van der Waals surface area contributed by atoms with Crippen molar-refractivity contribution in [1.29, 1.82) is 0 Å². The molecule has 0 saturated carbocycles. The van der Waals surface area contributed by atoms with Crippen molar-refractivity contribution in [3.8, 4) is 0 Å². The van der Waals surface area contributed by atoms with E-state index in [1.54, 1.807) is 36.4 Å². The topological polar surface area (TPSA) is 65.7 Å². The van der Waals surface area contributed by atoms with Gasteiger partial charge in [0, 0.05) is 31.6 Å². The van der Waals surface area contributed by atoms with E-state index in [4.69, 9.17) is 23.2 Å². The first kappa shape index (κ1) is 17.3. The molecule has 0 amide bonds. The van der Waals surface area contributed by atoms with Crippen LogP contribution in [-0.4, -0.2) is 9.97 Å². The van der Waals surface area contributed by atoms with Crippen LogP contribution in [0.3, 0.4) is 0 Å². The molecule has 5 rings (SSSR count). The molecule has 0 aliphatic carbocycles. The molecule has 0 fully saturated rings. The van der Waals surface area contributed by atoms with Crippen LogP contribution < -0.4 is 10.9 Å². The lowest BCUT2D eigenvalue weighted by Crippen LogP contribution is -2.08. The van der Waals surface area contributed by atoms with Crippen LogP contribution in [-0.2, 0) is 0 Å². The van der Waals surface area contributed by atoms with Gasteiger partial charge in [0.25, 0.3) is 0 Å². The van der Waals surface area contributed by atoms with Gasteiger partial charge in [0.15, 0.2) is 10.9 Å². The Morgan fingerprint density at radius 1 is 0.571 bits per heavy atom. The Bertz CT molecular complexity index is 1480. The van der Waals surface area contributed by atoms with Gasteiger partial charge in [-0.1, -0.05) is 23.2 Å². The van der Waals surface area contributed by atoms with Crippen molar-refractivity contribution in [2.75, 3.05) is 0 Å². The molecular weight excluding hydrogens is 395 g/mol. The van der Waals surface area contributed by atoms with E-state index in [1.165, 1.54) is 0 Å². The number of benzene rings is 3. The van der Waals surface area contributed by atoms with E-state index in [9.17, 15) is 9.59 Å². The average molecular weight is 409 g/mol. The maximum atomic E-state index is 13.1. The van der Waals surface area contributed by atoms with E-state index in [2.05, 4.69) is 9.97 Å². The van der Waals surface area contributed by atoms with Crippen molar-refractivity contribution in [2.45, 2.75) is 13.8 Å². The quantitative estimate of drug-likeness (QED) is 0.327. The zero-order valence-corrected chi connectivity index (χ0v) is 16.5. The minimum Gasteiger partial charge on any atom is -0.354 e. The molecule has 0 aliphatic rings. The number of H-pyrrole nitrogens is 2. The summed E-state index contributed by atoms with van der Waals surface area (Å²) in [5.74, 6) is 0. The summed E-state index contributed by atoms with van der Waals surface area (Å²) in [4.78, 5) is 32.6. The fourth-order valence-corrected chi connectivity index (χ4v) is 4.04. The molecule has 2 N–H and O–H groups in total. The predicted octanol–water partition coefficient (Wildman–Crippen LogP) is 5.60. The van der Waals surface area contributed by atoms with E-state index < -0.39 is 0 Å². The van der Waals surface area contributed by atoms with Gasteiger partial charge in [-0.2, -0.15) is 0 Å². The number of rotatable bonds is 0. The highest BCUT2D eigenvalue weighted by molar-refractivity contribution is 6.32.